The Balaban J connectivity index is 2.72. The minimum atomic E-state index is -1.14. The molecule has 0 aliphatic rings. The van der Waals surface area contributed by atoms with Gasteiger partial charge in [-0.15, -0.1) is 0 Å². The minimum Gasteiger partial charge on any atom is -0.493 e. The van der Waals surface area contributed by atoms with Crippen molar-refractivity contribution in [3.63, 3.8) is 0 Å². The molecule has 19 heavy (non-hydrogen) atoms. The number of methoxy groups -OCH3 is 2. The quantitative estimate of drug-likeness (QED) is 0.703. The molecule has 0 spiro atoms. The molecule has 1 aromatic rings. The van der Waals surface area contributed by atoms with Crippen LogP contribution in [0.5, 0.6) is 11.5 Å². The summed E-state index contributed by atoms with van der Waals surface area (Å²) in [5.74, 6) is 1.05. The van der Waals surface area contributed by atoms with Crippen molar-refractivity contribution in [3.05, 3.63) is 22.7 Å². The molecule has 0 aromatic heterocycles. The predicted molar refractivity (Wildman–Crippen MR) is 74.0 cm³/mol. The third kappa shape index (κ3) is 4.54. The van der Waals surface area contributed by atoms with Crippen molar-refractivity contribution in [2.45, 2.75) is 19.1 Å². The first-order valence-corrected chi connectivity index (χ1v) is 6.25. The highest BCUT2D eigenvalue weighted by Gasteiger charge is 2.18. The average molecular weight is 290 g/mol. The van der Waals surface area contributed by atoms with Crippen LogP contribution < -0.4 is 14.8 Å². The molecule has 5 nitrogen and oxygen atoms in total. The highest BCUT2D eigenvalue weighted by Crippen LogP contribution is 2.35. The number of halogens is 1. The van der Waals surface area contributed by atoms with Gasteiger partial charge in [0.25, 0.3) is 0 Å². The standard InChI is InChI=1S/C13H20ClNO4/c1-13(17,8-16)7-15-6-9-4-10(14)12(19-3)11(5-9)18-2/h4-5,15-17H,6-8H2,1-3H3. The lowest BCUT2D eigenvalue weighted by Crippen LogP contribution is -2.40. The number of hydrogen-bond donors (Lipinski definition) is 3. The highest BCUT2D eigenvalue weighted by atomic mass is 35.5. The van der Waals surface area contributed by atoms with E-state index in [-0.39, 0.29) is 13.2 Å². The topological polar surface area (TPSA) is 71.0 Å². The molecule has 0 saturated carbocycles. The fraction of sp³-hybridized carbons (Fsp3) is 0.538. The number of ether oxygens (including phenoxy) is 2. The van der Waals surface area contributed by atoms with Crippen LogP contribution in [0.1, 0.15) is 12.5 Å². The van der Waals surface area contributed by atoms with Gasteiger partial charge >= 0.3 is 0 Å². The number of rotatable bonds is 7. The molecule has 0 aliphatic carbocycles. The summed E-state index contributed by atoms with van der Waals surface area (Å²) >= 11 is 6.09. The second-order valence-corrected chi connectivity index (χ2v) is 4.98. The van der Waals surface area contributed by atoms with Crippen molar-refractivity contribution in [1.29, 1.82) is 0 Å². The molecule has 1 rings (SSSR count). The van der Waals surface area contributed by atoms with E-state index in [0.717, 1.165) is 5.56 Å². The van der Waals surface area contributed by atoms with Gasteiger partial charge in [-0.25, -0.2) is 0 Å². The summed E-state index contributed by atoms with van der Waals surface area (Å²) in [4.78, 5) is 0. The maximum Gasteiger partial charge on any atom is 0.179 e. The van der Waals surface area contributed by atoms with Gasteiger partial charge in [-0.1, -0.05) is 11.6 Å². The van der Waals surface area contributed by atoms with Crippen LogP contribution in [0.15, 0.2) is 12.1 Å². The van der Waals surface area contributed by atoms with Crippen LogP contribution in [-0.4, -0.2) is 43.2 Å². The van der Waals surface area contributed by atoms with E-state index in [4.69, 9.17) is 26.2 Å². The average Bonchev–Trinajstić information content (AvgIpc) is 2.37. The van der Waals surface area contributed by atoms with E-state index in [1.807, 2.05) is 6.07 Å². The summed E-state index contributed by atoms with van der Waals surface area (Å²) in [6.07, 6.45) is 0. The molecule has 0 heterocycles. The first kappa shape index (κ1) is 16.0. The van der Waals surface area contributed by atoms with E-state index in [1.165, 1.54) is 7.11 Å². The minimum absolute atomic E-state index is 0.273. The lowest BCUT2D eigenvalue weighted by Gasteiger charge is -2.21. The third-order valence-corrected chi connectivity index (χ3v) is 2.95. The van der Waals surface area contributed by atoms with Crippen LogP contribution in [0.2, 0.25) is 5.02 Å². The molecule has 0 aliphatic heterocycles. The summed E-state index contributed by atoms with van der Waals surface area (Å²) in [5.41, 5.74) is -0.239. The third-order valence-electron chi connectivity index (χ3n) is 2.67. The van der Waals surface area contributed by atoms with Crippen molar-refractivity contribution in [2.24, 2.45) is 0 Å². The second-order valence-electron chi connectivity index (χ2n) is 4.57. The van der Waals surface area contributed by atoms with Crippen LogP contribution in [0.4, 0.5) is 0 Å². The number of benzene rings is 1. The Morgan fingerprint density at radius 3 is 2.53 bits per heavy atom. The fourth-order valence-electron chi connectivity index (χ4n) is 1.61. The molecule has 0 saturated heterocycles. The lowest BCUT2D eigenvalue weighted by atomic mass is 10.1. The molecule has 6 heteroatoms. The van der Waals surface area contributed by atoms with Crippen molar-refractivity contribution in [2.75, 3.05) is 27.4 Å². The molecule has 0 fully saturated rings. The van der Waals surface area contributed by atoms with Gasteiger partial charge in [0, 0.05) is 13.1 Å². The number of nitrogens with one attached hydrogen (secondary N) is 1. The number of hydrogen-bond acceptors (Lipinski definition) is 5. The fourth-order valence-corrected chi connectivity index (χ4v) is 1.92. The molecule has 0 bridgehead atoms. The van der Waals surface area contributed by atoms with E-state index in [2.05, 4.69) is 5.32 Å². The van der Waals surface area contributed by atoms with Crippen molar-refractivity contribution in [3.8, 4) is 11.5 Å². The lowest BCUT2D eigenvalue weighted by molar-refractivity contribution is 0.00253. The summed E-state index contributed by atoms with van der Waals surface area (Å²) < 4.78 is 10.3. The molecular weight excluding hydrogens is 270 g/mol. The first-order valence-electron chi connectivity index (χ1n) is 5.88. The molecule has 108 valence electrons. The molecule has 1 aromatic carbocycles. The van der Waals surface area contributed by atoms with E-state index < -0.39 is 5.60 Å². The van der Waals surface area contributed by atoms with E-state index in [0.29, 0.717) is 23.1 Å². The van der Waals surface area contributed by atoms with Crippen molar-refractivity contribution < 1.29 is 19.7 Å². The van der Waals surface area contributed by atoms with Gasteiger partial charge in [-0.05, 0) is 24.6 Å². The molecule has 0 amide bonds. The maximum absolute atomic E-state index is 9.66. The van der Waals surface area contributed by atoms with Crippen LogP contribution in [0.25, 0.3) is 0 Å². The van der Waals surface area contributed by atoms with Gasteiger partial charge in [0.1, 0.15) is 0 Å². The Morgan fingerprint density at radius 1 is 1.32 bits per heavy atom. The molecule has 0 radical (unpaired) electrons. The van der Waals surface area contributed by atoms with Crippen LogP contribution >= 0.6 is 11.6 Å². The van der Waals surface area contributed by atoms with Gasteiger partial charge in [-0.3, -0.25) is 0 Å². The zero-order chi connectivity index (χ0) is 14.5. The van der Waals surface area contributed by atoms with E-state index in [1.54, 1.807) is 20.1 Å². The Bertz CT molecular complexity index is 423. The summed E-state index contributed by atoms with van der Waals surface area (Å²) in [6, 6.07) is 3.58. The van der Waals surface area contributed by atoms with Gasteiger partial charge in [0.15, 0.2) is 11.5 Å². The van der Waals surface area contributed by atoms with Gasteiger partial charge in [0.05, 0.1) is 31.5 Å². The Hall–Kier alpha value is -1.01. The van der Waals surface area contributed by atoms with Crippen molar-refractivity contribution in [1.82, 2.24) is 5.32 Å². The smallest absolute Gasteiger partial charge is 0.179 e. The summed E-state index contributed by atoms with van der Waals surface area (Å²) in [5, 5.41) is 22.1. The number of aliphatic hydroxyl groups excluding tert-OH is 1. The highest BCUT2D eigenvalue weighted by molar-refractivity contribution is 6.32. The zero-order valence-electron chi connectivity index (χ0n) is 11.4. The van der Waals surface area contributed by atoms with Crippen molar-refractivity contribution >= 4 is 11.6 Å². The van der Waals surface area contributed by atoms with Crippen LogP contribution in [0.3, 0.4) is 0 Å². The van der Waals surface area contributed by atoms with E-state index in [9.17, 15) is 5.11 Å². The normalized spacial score (nSPS) is 14.0. The molecule has 1 unspecified atom stereocenters. The second kappa shape index (κ2) is 6.96. The molecular formula is C13H20ClNO4. The largest absolute Gasteiger partial charge is 0.493 e. The Labute approximate surface area is 118 Å². The maximum atomic E-state index is 9.66. The van der Waals surface area contributed by atoms with E-state index >= 15 is 0 Å². The van der Waals surface area contributed by atoms with Gasteiger partial charge in [0.2, 0.25) is 0 Å². The monoisotopic (exact) mass is 289 g/mol. The SMILES string of the molecule is COc1cc(CNCC(C)(O)CO)cc(Cl)c1OC. The van der Waals surface area contributed by atoms with Gasteiger partial charge in [-0.2, -0.15) is 0 Å². The van der Waals surface area contributed by atoms with Gasteiger partial charge < -0.3 is 25.0 Å². The molecule has 3 N–H and O–H groups in total. The van der Waals surface area contributed by atoms with Crippen LogP contribution in [-0.2, 0) is 6.54 Å². The first-order chi connectivity index (χ1) is 8.93. The Morgan fingerprint density at radius 2 is 2.00 bits per heavy atom. The Kier molecular flexibility index (Phi) is 5.87. The number of aliphatic hydroxyl groups is 2. The zero-order valence-corrected chi connectivity index (χ0v) is 12.1. The molecule has 1 atom stereocenters. The van der Waals surface area contributed by atoms with Crippen LogP contribution in [0, 0.1) is 0 Å². The summed E-state index contributed by atoms with van der Waals surface area (Å²) in [6.45, 7) is 2.03. The summed E-state index contributed by atoms with van der Waals surface area (Å²) in [7, 11) is 3.07. The predicted octanol–water partition coefficient (Wildman–Crippen LogP) is 1.19.